The summed E-state index contributed by atoms with van der Waals surface area (Å²) in [4.78, 5) is 13.2. The Morgan fingerprint density at radius 1 is 1.05 bits per heavy atom. The fourth-order valence-corrected chi connectivity index (χ4v) is 2.82. The fourth-order valence-electron chi connectivity index (χ4n) is 2.03. The minimum Gasteiger partial charge on any atom is -0.451 e. The molecule has 0 saturated carbocycles. The first-order valence-electron chi connectivity index (χ1n) is 6.77. The highest BCUT2D eigenvalue weighted by atomic mass is 32.2. The van der Waals surface area contributed by atoms with Gasteiger partial charge in [0.2, 0.25) is 0 Å². The van der Waals surface area contributed by atoms with E-state index in [-0.39, 0.29) is 5.91 Å². The van der Waals surface area contributed by atoms with Crippen LogP contribution in [-0.2, 0) is 0 Å². The lowest BCUT2D eigenvalue weighted by Gasteiger charge is -2.03. The van der Waals surface area contributed by atoms with Crippen LogP contribution in [-0.4, -0.2) is 18.2 Å². The summed E-state index contributed by atoms with van der Waals surface area (Å²) in [5, 5.41) is 3.82. The monoisotopic (exact) mass is 297 g/mol. The molecule has 0 unspecified atom stereocenters. The standard InChI is InChI=1S/C17H15NO2S/c19-17(16-12-13-6-4-5-9-15(13)20-16)18-10-11-21-14-7-2-1-3-8-14/h1-9,12H,10-11H2,(H,18,19). The quantitative estimate of drug-likeness (QED) is 0.572. The van der Waals surface area contributed by atoms with Crippen LogP contribution in [0, 0.1) is 0 Å². The summed E-state index contributed by atoms with van der Waals surface area (Å²) in [7, 11) is 0. The number of hydrogen-bond acceptors (Lipinski definition) is 3. The Kier molecular flexibility index (Phi) is 4.26. The van der Waals surface area contributed by atoms with Gasteiger partial charge in [0.1, 0.15) is 5.58 Å². The fraction of sp³-hybridized carbons (Fsp3) is 0.118. The third-order valence-corrected chi connectivity index (χ3v) is 4.06. The molecule has 0 aliphatic heterocycles. The summed E-state index contributed by atoms with van der Waals surface area (Å²) in [6.45, 7) is 0.607. The Bertz CT molecular complexity index is 704. The van der Waals surface area contributed by atoms with E-state index < -0.39 is 0 Å². The van der Waals surface area contributed by atoms with E-state index in [0.29, 0.717) is 12.3 Å². The molecule has 0 fully saturated rings. The molecule has 3 nitrogen and oxygen atoms in total. The maximum absolute atomic E-state index is 12.0. The van der Waals surface area contributed by atoms with E-state index in [1.165, 1.54) is 4.90 Å². The first-order chi connectivity index (χ1) is 10.3. The van der Waals surface area contributed by atoms with Crippen molar-refractivity contribution in [2.75, 3.05) is 12.3 Å². The molecule has 1 heterocycles. The largest absolute Gasteiger partial charge is 0.451 e. The molecule has 2 aromatic carbocycles. The van der Waals surface area contributed by atoms with Gasteiger partial charge in [-0.25, -0.2) is 0 Å². The zero-order chi connectivity index (χ0) is 14.5. The second-order valence-electron chi connectivity index (χ2n) is 4.57. The van der Waals surface area contributed by atoms with Crippen LogP contribution in [0.4, 0.5) is 0 Å². The lowest BCUT2D eigenvalue weighted by atomic mass is 10.2. The molecule has 3 aromatic rings. The van der Waals surface area contributed by atoms with E-state index in [2.05, 4.69) is 17.4 Å². The molecule has 21 heavy (non-hydrogen) atoms. The van der Waals surface area contributed by atoms with Gasteiger partial charge in [0.15, 0.2) is 5.76 Å². The number of carbonyl (C=O) groups excluding carboxylic acids is 1. The van der Waals surface area contributed by atoms with Gasteiger partial charge in [0, 0.05) is 22.6 Å². The summed E-state index contributed by atoms with van der Waals surface area (Å²) in [6, 6.07) is 19.5. The minimum atomic E-state index is -0.167. The van der Waals surface area contributed by atoms with Crippen LogP contribution in [0.15, 0.2) is 70.0 Å². The van der Waals surface area contributed by atoms with Crippen LogP contribution in [0.5, 0.6) is 0 Å². The second kappa shape index (κ2) is 6.50. The summed E-state index contributed by atoms with van der Waals surface area (Å²) in [6.07, 6.45) is 0. The molecule has 1 amide bonds. The highest BCUT2D eigenvalue weighted by Gasteiger charge is 2.11. The molecule has 0 aliphatic rings. The van der Waals surface area contributed by atoms with Crippen LogP contribution in [0.1, 0.15) is 10.6 Å². The van der Waals surface area contributed by atoms with Crippen LogP contribution in [0.3, 0.4) is 0 Å². The van der Waals surface area contributed by atoms with Crippen molar-refractivity contribution in [3.05, 3.63) is 66.4 Å². The Hall–Kier alpha value is -2.20. The van der Waals surface area contributed by atoms with Crippen LogP contribution >= 0.6 is 11.8 Å². The van der Waals surface area contributed by atoms with Gasteiger partial charge in [0.25, 0.3) is 5.91 Å². The number of hydrogen-bond donors (Lipinski definition) is 1. The summed E-state index contributed by atoms with van der Waals surface area (Å²) >= 11 is 1.72. The number of benzene rings is 2. The van der Waals surface area contributed by atoms with Gasteiger partial charge in [-0.15, -0.1) is 11.8 Å². The first-order valence-corrected chi connectivity index (χ1v) is 7.76. The average molecular weight is 297 g/mol. The molecular weight excluding hydrogens is 282 g/mol. The highest BCUT2D eigenvalue weighted by Crippen LogP contribution is 2.19. The second-order valence-corrected chi connectivity index (χ2v) is 5.73. The van der Waals surface area contributed by atoms with Gasteiger partial charge in [-0.3, -0.25) is 4.79 Å². The topological polar surface area (TPSA) is 42.2 Å². The first kappa shape index (κ1) is 13.8. The lowest BCUT2D eigenvalue weighted by Crippen LogP contribution is -2.25. The molecule has 1 N–H and O–H groups in total. The zero-order valence-electron chi connectivity index (χ0n) is 11.4. The van der Waals surface area contributed by atoms with Crippen molar-refractivity contribution in [1.82, 2.24) is 5.32 Å². The summed E-state index contributed by atoms with van der Waals surface area (Å²) in [5.74, 6) is 1.02. The van der Waals surface area contributed by atoms with Crippen molar-refractivity contribution in [3.8, 4) is 0 Å². The van der Waals surface area contributed by atoms with Gasteiger partial charge in [-0.05, 0) is 24.3 Å². The predicted octanol–water partition coefficient (Wildman–Crippen LogP) is 3.95. The van der Waals surface area contributed by atoms with Crippen molar-refractivity contribution in [2.45, 2.75) is 4.90 Å². The van der Waals surface area contributed by atoms with Crippen LogP contribution < -0.4 is 5.32 Å². The molecule has 106 valence electrons. The molecule has 1 aromatic heterocycles. The molecule has 0 atom stereocenters. The molecule has 0 bridgehead atoms. The summed E-state index contributed by atoms with van der Waals surface area (Å²) < 4.78 is 5.53. The van der Waals surface area contributed by atoms with E-state index in [1.807, 2.05) is 42.5 Å². The molecular formula is C17H15NO2S. The third kappa shape index (κ3) is 3.47. The van der Waals surface area contributed by atoms with E-state index >= 15 is 0 Å². The van der Waals surface area contributed by atoms with E-state index in [0.717, 1.165) is 16.7 Å². The molecule has 0 aliphatic carbocycles. The number of furan rings is 1. The lowest BCUT2D eigenvalue weighted by molar-refractivity contribution is 0.0930. The zero-order valence-corrected chi connectivity index (χ0v) is 12.2. The third-order valence-electron chi connectivity index (χ3n) is 3.05. The number of nitrogens with one attached hydrogen (secondary N) is 1. The van der Waals surface area contributed by atoms with Crippen LogP contribution in [0.25, 0.3) is 11.0 Å². The van der Waals surface area contributed by atoms with Crippen LogP contribution in [0.2, 0.25) is 0 Å². The van der Waals surface area contributed by atoms with Gasteiger partial charge < -0.3 is 9.73 Å². The minimum absolute atomic E-state index is 0.167. The van der Waals surface area contributed by atoms with Gasteiger partial charge >= 0.3 is 0 Å². The normalized spacial score (nSPS) is 10.7. The smallest absolute Gasteiger partial charge is 0.287 e. The Morgan fingerprint density at radius 3 is 2.62 bits per heavy atom. The number of thioether (sulfide) groups is 1. The van der Waals surface area contributed by atoms with E-state index in [9.17, 15) is 4.79 Å². The van der Waals surface area contributed by atoms with Crippen molar-refractivity contribution in [2.24, 2.45) is 0 Å². The maximum Gasteiger partial charge on any atom is 0.287 e. The number of fused-ring (bicyclic) bond motifs is 1. The Balaban J connectivity index is 1.52. The number of rotatable bonds is 5. The SMILES string of the molecule is O=C(NCCSc1ccccc1)c1cc2ccccc2o1. The highest BCUT2D eigenvalue weighted by molar-refractivity contribution is 7.99. The van der Waals surface area contributed by atoms with Crippen molar-refractivity contribution in [3.63, 3.8) is 0 Å². The van der Waals surface area contributed by atoms with Crippen molar-refractivity contribution < 1.29 is 9.21 Å². The number of carbonyl (C=O) groups is 1. The number of para-hydroxylation sites is 1. The van der Waals surface area contributed by atoms with Gasteiger partial charge in [-0.1, -0.05) is 36.4 Å². The summed E-state index contributed by atoms with van der Waals surface area (Å²) in [5.41, 5.74) is 0.737. The predicted molar refractivity (Wildman–Crippen MR) is 85.7 cm³/mol. The molecule has 0 radical (unpaired) electrons. The average Bonchev–Trinajstić information content (AvgIpc) is 2.96. The molecule has 0 saturated heterocycles. The Morgan fingerprint density at radius 2 is 1.81 bits per heavy atom. The molecule has 4 heteroatoms. The maximum atomic E-state index is 12.0. The van der Waals surface area contributed by atoms with Crippen molar-refractivity contribution in [1.29, 1.82) is 0 Å². The number of amides is 1. The Labute approximate surface area is 127 Å². The van der Waals surface area contributed by atoms with E-state index in [1.54, 1.807) is 17.8 Å². The van der Waals surface area contributed by atoms with E-state index in [4.69, 9.17) is 4.42 Å². The van der Waals surface area contributed by atoms with Crippen molar-refractivity contribution >= 4 is 28.6 Å². The molecule has 0 spiro atoms. The van der Waals surface area contributed by atoms with Gasteiger partial charge in [-0.2, -0.15) is 0 Å². The van der Waals surface area contributed by atoms with Gasteiger partial charge in [0.05, 0.1) is 0 Å². The molecule has 3 rings (SSSR count).